The van der Waals surface area contributed by atoms with Crippen molar-refractivity contribution in [2.45, 2.75) is 13.1 Å². The van der Waals surface area contributed by atoms with Crippen molar-refractivity contribution in [3.63, 3.8) is 0 Å². The summed E-state index contributed by atoms with van der Waals surface area (Å²) in [7, 11) is 0. The lowest BCUT2D eigenvalue weighted by Crippen LogP contribution is -2.05. The first kappa shape index (κ1) is 11.5. The van der Waals surface area contributed by atoms with Crippen molar-refractivity contribution in [3.8, 4) is 11.3 Å². The molecule has 0 fully saturated rings. The Bertz CT molecular complexity index is 546. The normalized spacial score (nSPS) is 11.8. The summed E-state index contributed by atoms with van der Waals surface area (Å²) in [6, 6.07) is 4.88. The Balaban J connectivity index is 2.45. The number of nitrogens with two attached hydrogens (primary N) is 1. The van der Waals surface area contributed by atoms with Gasteiger partial charge in [-0.25, -0.2) is 0 Å². The predicted molar refractivity (Wildman–Crippen MR) is 56.1 cm³/mol. The highest BCUT2D eigenvalue weighted by Gasteiger charge is 2.30. The highest BCUT2D eigenvalue weighted by Crippen LogP contribution is 2.33. The minimum absolute atomic E-state index is 0.194. The van der Waals surface area contributed by atoms with Crippen LogP contribution in [0.1, 0.15) is 11.1 Å². The zero-order chi connectivity index (χ0) is 12.6. The molecule has 0 atom stereocenters. The van der Waals surface area contributed by atoms with Crippen LogP contribution in [0.4, 0.5) is 19.0 Å². The summed E-state index contributed by atoms with van der Waals surface area (Å²) in [5.74, 6) is 0.549. The van der Waals surface area contributed by atoms with Gasteiger partial charge in [-0.15, -0.1) is 0 Å². The Kier molecular flexibility index (Phi) is 2.57. The van der Waals surface area contributed by atoms with Crippen molar-refractivity contribution in [1.29, 1.82) is 0 Å². The molecule has 0 aliphatic heterocycles. The molecule has 0 aliphatic carbocycles. The van der Waals surface area contributed by atoms with Crippen LogP contribution in [0.5, 0.6) is 0 Å². The molecular formula is C11H9F3N2O. The average molecular weight is 242 g/mol. The van der Waals surface area contributed by atoms with Gasteiger partial charge in [0.1, 0.15) is 0 Å². The van der Waals surface area contributed by atoms with Crippen molar-refractivity contribution in [3.05, 3.63) is 35.4 Å². The third-order valence-corrected chi connectivity index (χ3v) is 2.35. The number of nitrogens with zero attached hydrogens (tertiary/aromatic N) is 1. The van der Waals surface area contributed by atoms with Gasteiger partial charge in [-0.05, 0) is 24.6 Å². The van der Waals surface area contributed by atoms with E-state index in [-0.39, 0.29) is 5.82 Å². The maximum atomic E-state index is 12.5. The van der Waals surface area contributed by atoms with Crippen LogP contribution in [-0.4, -0.2) is 5.16 Å². The standard InChI is InChI=1S/C11H9F3N2O/c1-6-4-7(11(12,13)14)2-3-8(6)9-5-10(15)16-17-9/h2-5H,1H3,(H2,15,16). The van der Waals surface area contributed by atoms with Crippen LogP contribution in [0.15, 0.2) is 28.8 Å². The fourth-order valence-electron chi connectivity index (χ4n) is 1.53. The van der Waals surface area contributed by atoms with Crippen molar-refractivity contribution in [1.82, 2.24) is 5.16 Å². The third kappa shape index (κ3) is 2.25. The number of halogens is 3. The van der Waals surface area contributed by atoms with Crippen LogP contribution >= 0.6 is 0 Å². The van der Waals surface area contributed by atoms with Crippen LogP contribution in [0.2, 0.25) is 0 Å². The summed E-state index contributed by atoms with van der Waals surface area (Å²) >= 11 is 0. The quantitative estimate of drug-likeness (QED) is 0.835. The number of aromatic nitrogens is 1. The lowest BCUT2D eigenvalue weighted by molar-refractivity contribution is -0.137. The Morgan fingerprint density at radius 1 is 1.24 bits per heavy atom. The maximum Gasteiger partial charge on any atom is 0.416 e. The maximum absolute atomic E-state index is 12.5. The molecule has 0 bridgehead atoms. The van der Waals surface area contributed by atoms with Crippen molar-refractivity contribution >= 4 is 5.82 Å². The van der Waals surface area contributed by atoms with Gasteiger partial charge in [0.15, 0.2) is 11.6 Å². The summed E-state index contributed by atoms with van der Waals surface area (Å²) in [4.78, 5) is 0. The highest BCUT2D eigenvalue weighted by molar-refractivity contribution is 5.64. The predicted octanol–water partition coefficient (Wildman–Crippen LogP) is 3.25. The van der Waals surface area contributed by atoms with E-state index in [4.69, 9.17) is 10.3 Å². The van der Waals surface area contributed by atoms with Crippen LogP contribution in [0.3, 0.4) is 0 Å². The molecule has 3 nitrogen and oxygen atoms in total. The van der Waals surface area contributed by atoms with Crippen LogP contribution in [0.25, 0.3) is 11.3 Å². The van der Waals surface area contributed by atoms with E-state index in [9.17, 15) is 13.2 Å². The lowest BCUT2D eigenvalue weighted by Gasteiger charge is -2.09. The third-order valence-electron chi connectivity index (χ3n) is 2.35. The zero-order valence-corrected chi connectivity index (χ0v) is 8.88. The van der Waals surface area contributed by atoms with Gasteiger partial charge in [-0.2, -0.15) is 13.2 Å². The number of anilines is 1. The molecular weight excluding hydrogens is 233 g/mol. The monoisotopic (exact) mass is 242 g/mol. The first-order chi connectivity index (χ1) is 7.88. The van der Waals surface area contributed by atoms with Gasteiger partial charge in [0.2, 0.25) is 0 Å². The van der Waals surface area contributed by atoms with E-state index in [2.05, 4.69) is 5.16 Å². The molecule has 2 N–H and O–H groups in total. The molecule has 0 saturated heterocycles. The van der Waals surface area contributed by atoms with Gasteiger partial charge in [-0.1, -0.05) is 11.2 Å². The Morgan fingerprint density at radius 3 is 2.41 bits per heavy atom. The van der Waals surface area contributed by atoms with Gasteiger partial charge in [-0.3, -0.25) is 0 Å². The van der Waals surface area contributed by atoms with Crippen molar-refractivity contribution in [2.24, 2.45) is 0 Å². The number of nitrogen functional groups attached to an aromatic ring is 1. The first-order valence-corrected chi connectivity index (χ1v) is 4.78. The Labute approximate surface area is 95.0 Å². The second-order valence-corrected chi connectivity index (χ2v) is 3.64. The smallest absolute Gasteiger partial charge is 0.381 e. The van der Waals surface area contributed by atoms with E-state index < -0.39 is 11.7 Å². The minimum Gasteiger partial charge on any atom is -0.381 e. The molecule has 2 aromatic rings. The van der Waals surface area contributed by atoms with E-state index in [1.165, 1.54) is 12.1 Å². The second kappa shape index (κ2) is 3.80. The topological polar surface area (TPSA) is 52.0 Å². The molecule has 0 amide bonds. The second-order valence-electron chi connectivity index (χ2n) is 3.64. The van der Waals surface area contributed by atoms with Crippen LogP contribution in [-0.2, 0) is 6.18 Å². The number of benzene rings is 1. The molecule has 1 heterocycles. The van der Waals surface area contributed by atoms with Crippen molar-refractivity contribution in [2.75, 3.05) is 5.73 Å². The van der Waals surface area contributed by atoms with Crippen LogP contribution < -0.4 is 5.73 Å². The summed E-state index contributed by atoms with van der Waals surface area (Å²) in [5, 5.41) is 3.49. The van der Waals surface area contributed by atoms with E-state index >= 15 is 0 Å². The summed E-state index contributed by atoms with van der Waals surface area (Å²) in [6.45, 7) is 1.57. The molecule has 1 aromatic heterocycles. The minimum atomic E-state index is -4.34. The van der Waals surface area contributed by atoms with Gasteiger partial charge in [0.25, 0.3) is 0 Å². The number of alkyl halides is 3. The fourth-order valence-corrected chi connectivity index (χ4v) is 1.53. The molecule has 2 rings (SSSR count). The molecule has 0 spiro atoms. The van der Waals surface area contributed by atoms with E-state index in [0.29, 0.717) is 16.9 Å². The molecule has 0 radical (unpaired) electrons. The number of hydrogen-bond donors (Lipinski definition) is 1. The van der Waals surface area contributed by atoms with Gasteiger partial charge >= 0.3 is 6.18 Å². The Hall–Kier alpha value is -1.98. The zero-order valence-electron chi connectivity index (χ0n) is 8.88. The highest BCUT2D eigenvalue weighted by atomic mass is 19.4. The molecule has 0 aliphatic rings. The fraction of sp³-hybridized carbons (Fsp3) is 0.182. The molecule has 6 heteroatoms. The number of hydrogen-bond acceptors (Lipinski definition) is 3. The lowest BCUT2D eigenvalue weighted by atomic mass is 10.0. The van der Waals surface area contributed by atoms with Crippen molar-refractivity contribution < 1.29 is 17.7 Å². The Morgan fingerprint density at radius 2 is 1.94 bits per heavy atom. The van der Waals surface area contributed by atoms with Crippen LogP contribution in [0, 0.1) is 6.92 Å². The van der Waals surface area contributed by atoms with Gasteiger partial charge in [0.05, 0.1) is 5.56 Å². The first-order valence-electron chi connectivity index (χ1n) is 4.78. The van der Waals surface area contributed by atoms with E-state index in [1.807, 2.05) is 0 Å². The summed E-state index contributed by atoms with van der Waals surface area (Å²) in [5.41, 5.74) is 5.69. The van der Waals surface area contributed by atoms with Gasteiger partial charge in [0, 0.05) is 11.6 Å². The van der Waals surface area contributed by atoms with E-state index in [1.54, 1.807) is 6.92 Å². The summed E-state index contributed by atoms with van der Waals surface area (Å²) in [6.07, 6.45) is -4.34. The van der Waals surface area contributed by atoms with E-state index in [0.717, 1.165) is 12.1 Å². The molecule has 90 valence electrons. The molecule has 17 heavy (non-hydrogen) atoms. The molecule has 0 saturated carbocycles. The molecule has 1 aromatic carbocycles. The number of rotatable bonds is 1. The largest absolute Gasteiger partial charge is 0.416 e. The average Bonchev–Trinajstić information content (AvgIpc) is 2.63. The number of aryl methyl sites for hydroxylation is 1. The SMILES string of the molecule is Cc1cc(C(F)(F)F)ccc1-c1cc(N)no1. The van der Waals surface area contributed by atoms with Gasteiger partial charge < -0.3 is 10.3 Å². The summed E-state index contributed by atoms with van der Waals surface area (Å²) < 4.78 is 42.3. The molecule has 0 unspecified atom stereocenters.